The summed E-state index contributed by atoms with van der Waals surface area (Å²) in [6.07, 6.45) is -0.230. The molecule has 0 radical (unpaired) electrons. The summed E-state index contributed by atoms with van der Waals surface area (Å²) in [5, 5.41) is 12.6. The van der Waals surface area contributed by atoms with Crippen LogP contribution in [0.25, 0.3) is 0 Å². The molecule has 29 heavy (non-hydrogen) atoms. The van der Waals surface area contributed by atoms with Crippen LogP contribution in [0.3, 0.4) is 0 Å². The maximum absolute atomic E-state index is 12.5. The number of sulfonamides is 1. The predicted molar refractivity (Wildman–Crippen MR) is 111 cm³/mol. The topological polar surface area (TPSA) is 117 Å². The molecule has 0 unspecified atom stereocenters. The van der Waals surface area contributed by atoms with E-state index < -0.39 is 16.1 Å². The van der Waals surface area contributed by atoms with Crippen LogP contribution in [-0.4, -0.2) is 95.8 Å². The van der Waals surface area contributed by atoms with Crippen LogP contribution in [-0.2, 0) is 14.8 Å². The number of piperazine rings is 1. The van der Waals surface area contributed by atoms with Crippen molar-refractivity contribution in [2.45, 2.75) is 6.42 Å². The fourth-order valence-corrected chi connectivity index (χ4v) is 4.31. The van der Waals surface area contributed by atoms with Gasteiger partial charge in [0.2, 0.25) is 10.0 Å². The predicted octanol–water partition coefficient (Wildman–Crippen LogP) is 1.10. The van der Waals surface area contributed by atoms with E-state index >= 15 is 0 Å². The third-order valence-corrected chi connectivity index (χ3v) is 6.52. The molecular weight excluding hydrogens is 400 g/mol. The molecule has 1 aromatic rings. The molecule has 0 spiro atoms. The highest BCUT2D eigenvalue weighted by Crippen LogP contribution is 2.36. The number of methoxy groups -OCH3 is 2. The normalized spacial score (nSPS) is 16.8. The first-order valence-electron chi connectivity index (χ1n) is 9.36. The van der Waals surface area contributed by atoms with E-state index in [1.165, 1.54) is 26.4 Å². The third kappa shape index (κ3) is 6.65. The van der Waals surface area contributed by atoms with Crippen LogP contribution < -0.4 is 14.8 Å². The van der Waals surface area contributed by atoms with Crippen LogP contribution in [0.5, 0.6) is 11.5 Å². The summed E-state index contributed by atoms with van der Waals surface area (Å²) in [6.45, 7) is 4.77. The van der Waals surface area contributed by atoms with Gasteiger partial charge in [-0.3, -0.25) is 14.9 Å². The second-order valence-electron chi connectivity index (χ2n) is 7.55. The van der Waals surface area contributed by atoms with E-state index in [0.29, 0.717) is 6.42 Å². The molecular formula is C18H31N4O6S+. The summed E-state index contributed by atoms with van der Waals surface area (Å²) in [4.78, 5) is 13.7. The first-order chi connectivity index (χ1) is 13.6. The number of likely N-dealkylation sites (N-methyl/N-ethyl adjacent to an activating group) is 2. The quantitative estimate of drug-likeness (QED) is 0.417. The number of carbonyl (C=O) groups is 1. The number of rotatable bonds is 8. The number of quaternary nitrogens is 1. The van der Waals surface area contributed by atoms with Crippen LogP contribution in [0, 0.1) is 0 Å². The molecule has 1 saturated heterocycles. The van der Waals surface area contributed by atoms with E-state index in [1.54, 1.807) is 0 Å². The number of phenolic OH excluding ortho intramolecular Hbond substituents is 1. The maximum atomic E-state index is 12.5. The Bertz CT molecular complexity index is 822. The molecule has 1 amide bonds. The molecule has 0 aromatic heterocycles. The zero-order valence-electron chi connectivity index (χ0n) is 17.4. The third-order valence-electron chi connectivity index (χ3n) is 5.16. The highest BCUT2D eigenvalue weighted by Gasteiger charge is 2.27. The fourth-order valence-electron chi connectivity index (χ4n) is 3.20. The van der Waals surface area contributed by atoms with Gasteiger partial charge >= 0.3 is 6.09 Å². The van der Waals surface area contributed by atoms with Gasteiger partial charge in [0.1, 0.15) is 11.5 Å². The highest BCUT2D eigenvalue weighted by atomic mass is 32.2. The number of nitrogens with one attached hydrogen (secondary N) is 2. The Morgan fingerprint density at radius 3 is 2.48 bits per heavy atom. The molecule has 1 heterocycles. The SMILES string of the molecule is COC(=O)Nc1cc(O)c(NS(=O)(=O)CCC[N+]2(C)CCN(C)CC2)cc1OC. The van der Waals surface area contributed by atoms with Crippen LogP contribution in [0.15, 0.2) is 12.1 Å². The lowest BCUT2D eigenvalue weighted by atomic mass is 10.2. The Balaban J connectivity index is 2.01. The number of amides is 1. The lowest BCUT2D eigenvalue weighted by Gasteiger charge is -2.41. The van der Waals surface area contributed by atoms with Crippen LogP contribution >= 0.6 is 0 Å². The van der Waals surface area contributed by atoms with Gasteiger partial charge in [-0.05, 0) is 7.05 Å². The minimum absolute atomic E-state index is 0.0164. The number of aromatic hydroxyl groups is 1. The smallest absolute Gasteiger partial charge is 0.411 e. The summed E-state index contributed by atoms with van der Waals surface area (Å²) in [5.74, 6) is -0.208. The number of hydrogen-bond donors (Lipinski definition) is 3. The number of phenols is 1. The standard InChI is InChI=1S/C18H30N4O6S/c1-21-6-9-22(2,10-7-21)8-5-11-29(25,26)20-14-13-17(27-3)15(12-16(14)23)19-18(24)28-4/h12-13,20H,5-11H2,1-4H3,(H-,19,23,24)/p+1. The average molecular weight is 432 g/mol. The summed E-state index contributed by atoms with van der Waals surface area (Å²) >= 11 is 0. The van der Waals surface area contributed by atoms with Gasteiger partial charge in [0.15, 0.2) is 0 Å². The molecule has 0 atom stereocenters. The largest absolute Gasteiger partial charge is 0.506 e. The molecule has 11 heteroatoms. The van der Waals surface area contributed by atoms with Gasteiger partial charge in [-0.25, -0.2) is 13.2 Å². The molecule has 2 rings (SSSR count). The summed E-state index contributed by atoms with van der Waals surface area (Å²) < 4.78 is 37.9. The average Bonchev–Trinajstić information content (AvgIpc) is 2.66. The van der Waals surface area contributed by atoms with Crippen molar-refractivity contribution in [2.75, 3.05) is 76.8 Å². The van der Waals surface area contributed by atoms with E-state index in [9.17, 15) is 18.3 Å². The van der Waals surface area contributed by atoms with Crippen LogP contribution in [0.4, 0.5) is 16.2 Å². The molecule has 1 fully saturated rings. The maximum Gasteiger partial charge on any atom is 0.411 e. The summed E-state index contributed by atoms with van der Waals surface area (Å²) in [5.41, 5.74) is 0.143. The number of hydrogen-bond acceptors (Lipinski definition) is 7. The van der Waals surface area contributed by atoms with Gasteiger partial charge in [0, 0.05) is 31.6 Å². The molecule has 0 bridgehead atoms. The zero-order valence-corrected chi connectivity index (χ0v) is 18.2. The van der Waals surface area contributed by atoms with Crippen molar-refractivity contribution >= 4 is 27.5 Å². The van der Waals surface area contributed by atoms with E-state index in [0.717, 1.165) is 37.2 Å². The van der Waals surface area contributed by atoms with Crippen molar-refractivity contribution in [2.24, 2.45) is 0 Å². The van der Waals surface area contributed by atoms with Gasteiger partial charge in [-0.1, -0.05) is 0 Å². The van der Waals surface area contributed by atoms with E-state index in [1.807, 2.05) is 0 Å². The first kappa shape index (κ1) is 23.0. The fraction of sp³-hybridized carbons (Fsp3) is 0.611. The monoisotopic (exact) mass is 431 g/mol. The summed E-state index contributed by atoms with van der Waals surface area (Å²) in [6, 6.07) is 2.51. The van der Waals surface area contributed by atoms with Crippen molar-refractivity contribution in [3.8, 4) is 11.5 Å². The number of nitrogens with zero attached hydrogens (tertiary/aromatic N) is 2. The molecule has 1 aromatic carbocycles. The minimum atomic E-state index is -3.66. The van der Waals surface area contributed by atoms with E-state index in [-0.39, 0.29) is 28.6 Å². The van der Waals surface area contributed by atoms with Gasteiger partial charge in [0.25, 0.3) is 0 Å². The molecule has 3 N–H and O–H groups in total. The Hall–Kier alpha value is -2.24. The highest BCUT2D eigenvalue weighted by molar-refractivity contribution is 7.92. The first-order valence-corrected chi connectivity index (χ1v) is 11.0. The molecule has 0 saturated carbocycles. The Morgan fingerprint density at radius 2 is 1.90 bits per heavy atom. The summed E-state index contributed by atoms with van der Waals surface area (Å²) in [7, 11) is 3.15. The van der Waals surface area contributed by atoms with Gasteiger partial charge < -0.3 is 19.1 Å². The van der Waals surface area contributed by atoms with Crippen molar-refractivity contribution < 1.29 is 32.3 Å². The van der Waals surface area contributed by atoms with Gasteiger partial charge in [0.05, 0.1) is 58.0 Å². The number of benzene rings is 1. The second-order valence-corrected chi connectivity index (χ2v) is 9.40. The molecule has 1 aliphatic heterocycles. The Morgan fingerprint density at radius 1 is 1.24 bits per heavy atom. The number of ether oxygens (including phenoxy) is 2. The molecule has 10 nitrogen and oxygen atoms in total. The van der Waals surface area contributed by atoms with Gasteiger partial charge in [-0.15, -0.1) is 0 Å². The van der Waals surface area contributed by atoms with E-state index in [2.05, 4.69) is 33.8 Å². The molecule has 0 aliphatic carbocycles. The minimum Gasteiger partial charge on any atom is -0.506 e. The lowest BCUT2D eigenvalue weighted by molar-refractivity contribution is -0.913. The zero-order chi connectivity index (χ0) is 21.7. The van der Waals surface area contributed by atoms with Crippen LogP contribution in [0.1, 0.15) is 6.42 Å². The van der Waals surface area contributed by atoms with Crippen molar-refractivity contribution in [1.82, 2.24) is 4.90 Å². The van der Waals surface area contributed by atoms with Crippen molar-refractivity contribution in [3.05, 3.63) is 12.1 Å². The van der Waals surface area contributed by atoms with Crippen LogP contribution in [0.2, 0.25) is 0 Å². The van der Waals surface area contributed by atoms with Gasteiger partial charge in [-0.2, -0.15) is 0 Å². The molecule has 1 aliphatic rings. The molecule has 164 valence electrons. The van der Waals surface area contributed by atoms with Crippen molar-refractivity contribution in [3.63, 3.8) is 0 Å². The second kappa shape index (κ2) is 9.51. The Kier molecular flexibility index (Phi) is 7.55. The lowest BCUT2D eigenvalue weighted by Crippen LogP contribution is -2.56. The number of carbonyl (C=O) groups excluding carboxylic acids is 1. The Labute approximate surface area is 172 Å². The van der Waals surface area contributed by atoms with Crippen molar-refractivity contribution in [1.29, 1.82) is 0 Å². The number of anilines is 2. The van der Waals surface area contributed by atoms with E-state index in [4.69, 9.17) is 4.74 Å².